The van der Waals surface area contributed by atoms with Gasteiger partial charge in [0.25, 0.3) is 0 Å². The number of piperidine rings is 1. The quantitative estimate of drug-likeness (QED) is 0.631. The highest BCUT2D eigenvalue weighted by molar-refractivity contribution is 5.93. The molecule has 0 bridgehead atoms. The summed E-state index contributed by atoms with van der Waals surface area (Å²) in [6, 6.07) is 7.18. The molecule has 1 aliphatic heterocycles. The Kier molecular flexibility index (Phi) is 7.21. The first kappa shape index (κ1) is 19.2. The number of hydrogen-bond acceptors (Lipinski definition) is 4. The molecule has 0 aliphatic carbocycles. The highest BCUT2D eigenvalue weighted by atomic mass is 16.2. The minimum absolute atomic E-state index is 0.0323. The lowest BCUT2D eigenvalue weighted by molar-refractivity contribution is -0.119. The molecule has 1 unspecified atom stereocenters. The van der Waals surface area contributed by atoms with Gasteiger partial charge in [0.2, 0.25) is 5.91 Å². The smallest absolute Gasteiger partial charge is 0.319 e. The number of benzene rings is 1. The molecule has 0 radical (unpaired) electrons. The summed E-state index contributed by atoms with van der Waals surface area (Å²) in [4.78, 5) is 26.3. The number of carbonyl (C=O) groups excluding carboxylic acids is 2. The third-order valence-electron chi connectivity index (χ3n) is 4.42. The van der Waals surface area contributed by atoms with Gasteiger partial charge in [-0.3, -0.25) is 4.79 Å². The Labute approximate surface area is 149 Å². The number of hydrogen-bond donors (Lipinski definition) is 4. The summed E-state index contributed by atoms with van der Waals surface area (Å²) < 4.78 is 0. The summed E-state index contributed by atoms with van der Waals surface area (Å²) in [6.45, 7) is 4.51. The Hall–Kier alpha value is -2.12. The lowest BCUT2D eigenvalue weighted by atomic mass is 10.1. The van der Waals surface area contributed by atoms with Crippen molar-refractivity contribution in [1.29, 1.82) is 0 Å². The van der Waals surface area contributed by atoms with Crippen molar-refractivity contribution in [1.82, 2.24) is 15.5 Å². The number of amides is 3. The first-order valence-electron chi connectivity index (χ1n) is 8.79. The fourth-order valence-electron chi connectivity index (χ4n) is 2.81. The van der Waals surface area contributed by atoms with E-state index in [2.05, 4.69) is 33.2 Å². The Morgan fingerprint density at radius 1 is 1.12 bits per heavy atom. The van der Waals surface area contributed by atoms with Gasteiger partial charge in [-0.05, 0) is 64.3 Å². The molecule has 2 rings (SSSR count). The van der Waals surface area contributed by atoms with Crippen molar-refractivity contribution in [2.75, 3.05) is 44.4 Å². The van der Waals surface area contributed by atoms with Crippen LogP contribution >= 0.6 is 0 Å². The van der Waals surface area contributed by atoms with Gasteiger partial charge >= 0.3 is 6.03 Å². The summed E-state index contributed by atoms with van der Waals surface area (Å²) in [5, 5.41) is 11.7. The highest BCUT2D eigenvalue weighted by Gasteiger charge is 2.18. The van der Waals surface area contributed by atoms with E-state index < -0.39 is 0 Å². The Bertz CT molecular complexity index is 567. The minimum Gasteiger partial charge on any atom is -0.335 e. The predicted molar refractivity (Wildman–Crippen MR) is 101 cm³/mol. The van der Waals surface area contributed by atoms with Gasteiger partial charge in [0.05, 0.1) is 0 Å². The van der Waals surface area contributed by atoms with Gasteiger partial charge in [-0.25, -0.2) is 4.79 Å². The van der Waals surface area contributed by atoms with E-state index in [1.807, 2.05) is 14.0 Å². The SMILES string of the molecule is CNCC(C)C(=O)Nc1ccc(NC(=O)NC2CCN(C)CC2)cc1. The fourth-order valence-corrected chi connectivity index (χ4v) is 2.81. The van der Waals surface area contributed by atoms with E-state index in [4.69, 9.17) is 0 Å². The standard InChI is InChI=1S/C18H29N5O2/c1-13(12-19-2)17(24)20-14-4-6-15(7-5-14)21-18(25)22-16-8-10-23(3)11-9-16/h4-7,13,16,19H,8-12H2,1-3H3,(H,20,24)(H2,21,22,25). The molecular weight excluding hydrogens is 318 g/mol. The maximum Gasteiger partial charge on any atom is 0.319 e. The van der Waals surface area contributed by atoms with E-state index in [0.717, 1.165) is 25.9 Å². The van der Waals surface area contributed by atoms with Crippen LogP contribution in [-0.2, 0) is 4.79 Å². The molecule has 1 aromatic rings. The van der Waals surface area contributed by atoms with Crippen molar-refractivity contribution in [3.8, 4) is 0 Å². The molecule has 1 fully saturated rings. The number of anilines is 2. The van der Waals surface area contributed by atoms with Crippen molar-refractivity contribution in [2.24, 2.45) is 5.92 Å². The van der Waals surface area contributed by atoms with Crippen molar-refractivity contribution in [2.45, 2.75) is 25.8 Å². The first-order valence-corrected chi connectivity index (χ1v) is 8.79. The summed E-state index contributed by atoms with van der Waals surface area (Å²) in [6.07, 6.45) is 1.94. The van der Waals surface area contributed by atoms with Crippen molar-refractivity contribution < 1.29 is 9.59 Å². The van der Waals surface area contributed by atoms with E-state index in [9.17, 15) is 9.59 Å². The van der Waals surface area contributed by atoms with Crippen LogP contribution in [0.5, 0.6) is 0 Å². The van der Waals surface area contributed by atoms with Crippen LogP contribution in [0, 0.1) is 5.92 Å². The van der Waals surface area contributed by atoms with Crippen LogP contribution in [-0.4, -0.2) is 56.6 Å². The number of carbonyl (C=O) groups is 2. The summed E-state index contributed by atoms with van der Waals surface area (Å²) in [5.41, 5.74) is 1.42. The van der Waals surface area contributed by atoms with Crippen molar-refractivity contribution in [3.63, 3.8) is 0 Å². The molecule has 1 aliphatic rings. The van der Waals surface area contributed by atoms with Crippen LogP contribution in [0.25, 0.3) is 0 Å². The molecule has 4 N–H and O–H groups in total. The Balaban J connectivity index is 1.79. The molecule has 3 amide bonds. The molecule has 25 heavy (non-hydrogen) atoms. The van der Waals surface area contributed by atoms with Gasteiger partial charge < -0.3 is 26.2 Å². The van der Waals surface area contributed by atoms with Crippen LogP contribution in [0.2, 0.25) is 0 Å². The van der Waals surface area contributed by atoms with Crippen LogP contribution in [0.4, 0.5) is 16.2 Å². The van der Waals surface area contributed by atoms with Gasteiger partial charge in [0.1, 0.15) is 0 Å². The molecule has 1 heterocycles. The average Bonchev–Trinajstić information content (AvgIpc) is 2.59. The zero-order valence-electron chi connectivity index (χ0n) is 15.3. The van der Waals surface area contributed by atoms with E-state index >= 15 is 0 Å². The van der Waals surface area contributed by atoms with E-state index in [1.54, 1.807) is 24.3 Å². The second-order valence-corrected chi connectivity index (χ2v) is 6.70. The maximum atomic E-state index is 12.1. The number of nitrogens with zero attached hydrogens (tertiary/aromatic N) is 1. The average molecular weight is 347 g/mol. The maximum absolute atomic E-state index is 12.1. The second-order valence-electron chi connectivity index (χ2n) is 6.70. The summed E-state index contributed by atoms with van der Waals surface area (Å²) in [5.74, 6) is -0.141. The van der Waals surface area contributed by atoms with Gasteiger partial charge in [-0.1, -0.05) is 6.92 Å². The van der Waals surface area contributed by atoms with Gasteiger partial charge in [-0.2, -0.15) is 0 Å². The molecule has 1 atom stereocenters. The number of rotatable bonds is 6. The molecule has 7 heteroatoms. The lowest BCUT2D eigenvalue weighted by Crippen LogP contribution is -2.44. The normalized spacial score (nSPS) is 16.9. The monoisotopic (exact) mass is 347 g/mol. The first-order chi connectivity index (χ1) is 12.0. The van der Waals surface area contributed by atoms with Crippen LogP contribution in [0.15, 0.2) is 24.3 Å². The Morgan fingerprint density at radius 3 is 2.24 bits per heavy atom. The van der Waals surface area contributed by atoms with Gasteiger partial charge in [0, 0.05) is 29.9 Å². The zero-order chi connectivity index (χ0) is 18.2. The second kappa shape index (κ2) is 9.39. The fraction of sp³-hybridized carbons (Fsp3) is 0.556. The molecule has 0 aromatic heterocycles. The third kappa shape index (κ3) is 6.36. The number of nitrogens with one attached hydrogen (secondary N) is 4. The zero-order valence-corrected chi connectivity index (χ0v) is 15.3. The molecule has 7 nitrogen and oxygen atoms in total. The molecule has 0 saturated carbocycles. The van der Waals surface area contributed by atoms with Crippen molar-refractivity contribution >= 4 is 23.3 Å². The van der Waals surface area contributed by atoms with Crippen molar-refractivity contribution in [3.05, 3.63) is 24.3 Å². The van der Waals surface area contributed by atoms with E-state index in [-0.39, 0.29) is 23.9 Å². The van der Waals surface area contributed by atoms with Crippen LogP contribution < -0.4 is 21.3 Å². The third-order valence-corrected chi connectivity index (χ3v) is 4.42. The number of urea groups is 1. The van der Waals surface area contributed by atoms with E-state index in [1.165, 1.54) is 0 Å². The summed E-state index contributed by atoms with van der Waals surface area (Å²) >= 11 is 0. The molecule has 138 valence electrons. The lowest BCUT2D eigenvalue weighted by Gasteiger charge is -2.29. The molecule has 1 saturated heterocycles. The van der Waals surface area contributed by atoms with Crippen LogP contribution in [0.1, 0.15) is 19.8 Å². The van der Waals surface area contributed by atoms with E-state index in [0.29, 0.717) is 17.9 Å². The van der Waals surface area contributed by atoms with Gasteiger partial charge in [0.15, 0.2) is 0 Å². The predicted octanol–water partition coefficient (Wildman–Crippen LogP) is 1.70. The highest BCUT2D eigenvalue weighted by Crippen LogP contribution is 2.15. The topological polar surface area (TPSA) is 85.5 Å². The van der Waals surface area contributed by atoms with Gasteiger partial charge in [-0.15, -0.1) is 0 Å². The Morgan fingerprint density at radius 2 is 1.68 bits per heavy atom. The minimum atomic E-state index is -0.186. The summed E-state index contributed by atoms with van der Waals surface area (Å²) in [7, 11) is 3.91. The largest absolute Gasteiger partial charge is 0.335 e. The molecule has 0 spiro atoms. The molecular formula is C18H29N5O2. The molecule has 1 aromatic carbocycles. The number of likely N-dealkylation sites (tertiary alicyclic amines) is 1. The van der Waals surface area contributed by atoms with Crippen LogP contribution in [0.3, 0.4) is 0 Å².